The average Bonchev–Trinajstić information content (AvgIpc) is 2.90. The number of nitrogens with zero attached hydrogens (tertiary/aromatic N) is 2. The molecule has 1 aromatic carbocycles. The number of aliphatic hydroxyl groups is 1. The topological polar surface area (TPSA) is 45.2 Å². The van der Waals surface area contributed by atoms with Gasteiger partial charge in [0.25, 0.3) is 0 Å². The van der Waals surface area contributed by atoms with Gasteiger partial charge in [0, 0.05) is 49.9 Å². The summed E-state index contributed by atoms with van der Waals surface area (Å²) in [5.74, 6) is 1.50. The van der Waals surface area contributed by atoms with Gasteiger partial charge >= 0.3 is 0 Å². The van der Waals surface area contributed by atoms with Crippen molar-refractivity contribution in [2.75, 3.05) is 40.1 Å². The Morgan fingerprint density at radius 2 is 2.05 bits per heavy atom. The molecule has 0 amide bonds. The van der Waals surface area contributed by atoms with Crippen molar-refractivity contribution >= 4 is 11.6 Å². The summed E-state index contributed by atoms with van der Waals surface area (Å²) in [6.45, 7) is 4.25. The number of rotatable bonds is 4. The predicted octanol–water partition coefficient (Wildman–Crippen LogP) is 1.57. The van der Waals surface area contributed by atoms with Crippen LogP contribution in [0.5, 0.6) is 11.5 Å². The molecule has 5 nitrogen and oxygen atoms in total. The minimum absolute atomic E-state index is 0.230. The van der Waals surface area contributed by atoms with Gasteiger partial charge in [-0.25, -0.2) is 0 Å². The van der Waals surface area contributed by atoms with E-state index in [2.05, 4.69) is 16.8 Å². The molecule has 0 bridgehead atoms. The molecule has 2 heterocycles. The monoisotopic (exact) mass is 312 g/mol. The molecule has 3 rings (SSSR count). The van der Waals surface area contributed by atoms with Crippen LogP contribution in [0.2, 0.25) is 5.02 Å². The molecule has 0 unspecified atom stereocenters. The summed E-state index contributed by atoms with van der Waals surface area (Å²) >= 11 is 6.34. The number of likely N-dealkylation sites (N-methyl/N-ethyl adjacent to an activating group) is 1. The van der Waals surface area contributed by atoms with Crippen molar-refractivity contribution in [3.63, 3.8) is 0 Å². The van der Waals surface area contributed by atoms with E-state index in [-0.39, 0.29) is 13.4 Å². The van der Waals surface area contributed by atoms with E-state index >= 15 is 0 Å². The average molecular weight is 313 g/mol. The number of halogens is 1. The number of hydrogen-bond acceptors (Lipinski definition) is 5. The zero-order valence-electron chi connectivity index (χ0n) is 12.2. The van der Waals surface area contributed by atoms with Crippen LogP contribution in [0.4, 0.5) is 0 Å². The first-order valence-corrected chi connectivity index (χ1v) is 7.66. The summed E-state index contributed by atoms with van der Waals surface area (Å²) in [5, 5.41) is 9.88. The number of benzene rings is 1. The second kappa shape index (κ2) is 6.40. The number of ether oxygens (including phenoxy) is 2. The Morgan fingerprint density at radius 3 is 2.81 bits per heavy atom. The van der Waals surface area contributed by atoms with Crippen LogP contribution in [-0.2, 0) is 6.54 Å². The Hall–Kier alpha value is -1.01. The Bertz CT molecular complexity index is 512. The fourth-order valence-corrected chi connectivity index (χ4v) is 3.15. The van der Waals surface area contributed by atoms with Gasteiger partial charge in [-0.1, -0.05) is 11.6 Å². The lowest BCUT2D eigenvalue weighted by molar-refractivity contribution is 0.0743. The van der Waals surface area contributed by atoms with Gasteiger partial charge in [-0.2, -0.15) is 0 Å². The van der Waals surface area contributed by atoms with Crippen LogP contribution in [-0.4, -0.2) is 61.0 Å². The van der Waals surface area contributed by atoms with E-state index in [1.165, 1.54) is 0 Å². The highest BCUT2D eigenvalue weighted by molar-refractivity contribution is 6.31. The van der Waals surface area contributed by atoms with Crippen molar-refractivity contribution in [1.29, 1.82) is 0 Å². The van der Waals surface area contributed by atoms with Crippen molar-refractivity contribution in [3.8, 4) is 11.5 Å². The van der Waals surface area contributed by atoms with Gasteiger partial charge in [-0.05, 0) is 25.1 Å². The maximum Gasteiger partial charge on any atom is 0.231 e. The predicted molar refractivity (Wildman–Crippen MR) is 81.0 cm³/mol. The van der Waals surface area contributed by atoms with Crippen LogP contribution < -0.4 is 9.47 Å². The highest BCUT2D eigenvalue weighted by atomic mass is 35.5. The first-order chi connectivity index (χ1) is 10.2. The number of aliphatic hydroxyl groups excluding tert-OH is 1. The summed E-state index contributed by atoms with van der Waals surface area (Å²) < 4.78 is 10.8. The second-order valence-electron chi connectivity index (χ2n) is 5.68. The van der Waals surface area contributed by atoms with Crippen molar-refractivity contribution < 1.29 is 14.6 Å². The number of piperazine rings is 1. The van der Waals surface area contributed by atoms with E-state index in [0.29, 0.717) is 6.04 Å². The fraction of sp³-hybridized carbons (Fsp3) is 0.600. The SMILES string of the molecule is CN1CCN(Cc2cc3c(cc2Cl)OCO3)C[C@@H]1CCO. The standard InChI is InChI=1S/C15H21ClN2O3/c1-17-3-4-18(9-12(17)2-5-19)8-11-6-14-15(7-13(11)16)21-10-20-14/h6-7,12,19H,2-5,8-10H2,1H3/t12-/m0/s1. The first-order valence-electron chi connectivity index (χ1n) is 7.29. The van der Waals surface area contributed by atoms with Gasteiger partial charge in [0.05, 0.1) is 0 Å². The number of fused-ring (bicyclic) bond motifs is 1. The molecule has 2 aliphatic rings. The van der Waals surface area contributed by atoms with E-state index in [0.717, 1.165) is 54.7 Å². The van der Waals surface area contributed by atoms with Crippen LogP contribution in [0.3, 0.4) is 0 Å². The molecule has 0 aromatic heterocycles. The van der Waals surface area contributed by atoms with Gasteiger partial charge in [0.15, 0.2) is 11.5 Å². The summed E-state index contributed by atoms with van der Waals surface area (Å²) in [6, 6.07) is 4.21. The van der Waals surface area contributed by atoms with Gasteiger partial charge < -0.3 is 19.5 Å². The molecular weight excluding hydrogens is 292 g/mol. The van der Waals surface area contributed by atoms with E-state index in [9.17, 15) is 0 Å². The lowest BCUT2D eigenvalue weighted by Gasteiger charge is -2.39. The maximum atomic E-state index is 9.17. The highest BCUT2D eigenvalue weighted by Crippen LogP contribution is 2.37. The van der Waals surface area contributed by atoms with Crippen molar-refractivity contribution in [2.45, 2.75) is 19.0 Å². The van der Waals surface area contributed by atoms with Crippen molar-refractivity contribution in [2.24, 2.45) is 0 Å². The molecular formula is C15H21ClN2O3. The van der Waals surface area contributed by atoms with E-state index in [4.69, 9.17) is 26.2 Å². The maximum absolute atomic E-state index is 9.17. The summed E-state index contributed by atoms with van der Waals surface area (Å²) in [7, 11) is 2.12. The molecule has 0 spiro atoms. The third-order valence-corrected chi connectivity index (χ3v) is 4.61. The van der Waals surface area contributed by atoms with Gasteiger partial charge in [-0.3, -0.25) is 4.90 Å². The Balaban J connectivity index is 1.69. The summed E-state index contributed by atoms with van der Waals surface area (Å²) in [5.41, 5.74) is 1.06. The van der Waals surface area contributed by atoms with Crippen LogP contribution in [0.25, 0.3) is 0 Å². The molecule has 0 radical (unpaired) electrons. The summed E-state index contributed by atoms with van der Waals surface area (Å²) in [4.78, 5) is 4.69. The van der Waals surface area contributed by atoms with Crippen molar-refractivity contribution in [1.82, 2.24) is 9.80 Å². The highest BCUT2D eigenvalue weighted by Gasteiger charge is 2.25. The lowest BCUT2D eigenvalue weighted by atomic mass is 10.1. The smallest absolute Gasteiger partial charge is 0.231 e. The molecule has 21 heavy (non-hydrogen) atoms. The Morgan fingerprint density at radius 1 is 1.29 bits per heavy atom. The Labute approximate surface area is 130 Å². The molecule has 0 saturated carbocycles. The van der Waals surface area contributed by atoms with Crippen LogP contribution in [0.15, 0.2) is 12.1 Å². The molecule has 0 aliphatic carbocycles. The molecule has 1 saturated heterocycles. The summed E-state index contributed by atoms with van der Waals surface area (Å²) in [6.07, 6.45) is 0.807. The first kappa shape index (κ1) is 14.9. The van der Waals surface area contributed by atoms with Gasteiger partial charge in [-0.15, -0.1) is 0 Å². The molecule has 1 fully saturated rings. The van der Waals surface area contributed by atoms with Crippen LogP contribution in [0, 0.1) is 0 Å². The third kappa shape index (κ3) is 3.26. The quantitative estimate of drug-likeness (QED) is 0.914. The largest absolute Gasteiger partial charge is 0.454 e. The van der Waals surface area contributed by atoms with Crippen LogP contribution in [0.1, 0.15) is 12.0 Å². The molecule has 1 atom stereocenters. The van der Waals surface area contributed by atoms with Gasteiger partial charge in [0.1, 0.15) is 0 Å². The normalized spacial score (nSPS) is 22.7. The molecule has 6 heteroatoms. The zero-order chi connectivity index (χ0) is 14.8. The fourth-order valence-electron chi connectivity index (χ4n) is 2.94. The van der Waals surface area contributed by atoms with Gasteiger partial charge in [0.2, 0.25) is 6.79 Å². The van der Waals surface area contributed by atoms with E-state index in [1.807, 2.05) is 12.1 Å². The van der Waals surface area contributed by atoms with E-state index < -0.39 is 0 Å². The molecule has 1 N–H and O–H groups in total. The number of hydrogen-bond donors (Lipinski definition) is 1. The minimum atomic E-state index is 0.230. The van der Waals surface area contributed by atoms with Crippen LogP contribution >= 0.6 is 11.6 Å². The van der Waals surface area contributed by atoms with Crippen molar-refractivity contribution in [3.05, 3.63) is 22.7 Å². The second-order valence-corrected chi connectivity index (χ2v) is 6.09. The minimum Gasteiger partial charge on any atom is -0.454 e. The lowest BCUT2D eigenvalue weighted by Crippen LogP contribution is -2.51. The van der Waals surface area contributed by atoms with E-state index in [1.54, 1.807) is 0 Å². The third-order valence-electron chi connectivity index (χ3n) is 4.26. The molecule has 1 aromatic rings. The Kier molecular flexibility index (Phi) is 4.54. The zero-order valence-corrected chi connectivity index (χ0v) is 13.0. The molecule has 116 valence electrons. The molecule has 2 aliphatic heterocycles.